The number of halogens is 5. The van der Waals surface area contributed by atoms with Gasteiger partial charge in [-0.15, -0.1) is 0 Å². The second-order valence-corrected chi connectivity index (χ2v) is 8.60. The van der Waals surface area contributed by atoms with E-state index in [1.165, 1.54) is 44.1 Å². The molecule has 0 heterocycles. The number of hydrogen-bond acceptors (Lipinski definition) is 0. The van der Waals surface area contributed by atoms with Gasteiger partial charge in [-0.1, -0.05) is 44.0 Å². The number of allylic oxidation sites excluding steroid dienone is 1. The van der Waals surface area contributed by atoms with Crippen molar-refractivity contribution < 1.29 is 22.0 Å². The van der Waals surface area contributed by atoms with Crippen LogP contribution in [0.2, 0.25) is 0 Å². The molecule has 2 aromatic rings. The SMILES string of the molecule is CCCC1CCC(c2ccc(CCc3cc(F)c(/C=C/C(F)(F)F)c(F)c3)cc2)CC1. The lowest BCUT2D eigenvalue weighted by molar-refractivity contribution is -0.0790. The summed E-state index contributed by atoms with van der Waals surface area (Å²) in [4.78, 5) is 0. The third-order valence-corrected chi connectivity index (χ3v) is 6.27. The van der Waals surface area contributed by atoms with Crippen molar-refractivity contribution in [1.82, 2.24) is 0 Å². The van der Waals surface area contributed by atoms with E-state index < -0.39 is 23.4 Å². The van der Waals surface area contributed by atoms with E-state index in [2.05, 4.69) is 31.2 Å². The van der Waals surface area contributed by atoms with Crippen LogP contribution in [0.1, 0.15) is 73.6 Å². The molecule has 2 aromatic carbocycles. The van der Waals surface area contributed by atoms with E-state index in [9.17, 15) is 22.0 Å². The van der Waals surface area contributed by atoms with E-state index in [0.717, 1.165) is 23.6 Å². The Morgan fingerprint density at radius 2 is 1.45 bits per heavy atom. The minimum atomic E-state index is -4.61. The zero-order valence-electron chi connectivity index (χ0n) is 17.8. The molecule has 0 aliphatic heterocycles. The lowest BCUT2D eigenvalue weighted by Crippen LogP contribution is -2.13. The fourth-order valence-electron chi connectivity index (χ4n) is 4.56. The van der Waals surface area contributed by atoms with Crippen LogP contribution in [0, 0.1) is 17.6 Å². The third-order valence-electron chi connectivity index (χ3n) is 6.27. The summed E-state index contributed by atoms with van der Waals surface area (Å²) >= 11 is 0. The van der Waals surface area contributed by atoms with E-state index in [1.54, 1.807) is 0 Å². The molecule has 1 aliphatic rings. The molecule has 168 valence electrons. The van der Waals surface area contributed by atoms with Crippen LogP contribution in [0.4, 0.5) is 22.0 Å². The van der Waals surface area contributed by atoms with E-state index in [1.807, 2.05) is 0 Å². The molecule has 0 amide bonds. The summed E-state index contributed by atoms with van der Waals surface area (Å²) in [5.74, 6) is -0.478. The summed E-state index contributed by atoms with van der Waals surface area (Å²) in [5, 5.41) is 0. The predicted molar refractivity (Wildman–Crippen MR) is 115 cm³/mol. The first-order valence-electron chi connectivity index (χ1n) is 11.1. The molecule has 0 unspecified atom stereocenters. The lowest BCUT2D eigenvalue weighted by atomic mass is 9.77. The van der Waals surface area contributed by atoms with E-state index in [0.29, 0.717) is 30.4 Å². The van der Waals surface area contributed by atoms with Gasteiger partial charge in [-0.3, -0.25) is 0 Å². The molecule has 0 bridgehead atoms. The maximum atomic E-state index is 14.1. The van der Waals surface area contributed by atoms with Crippen molar-refractivity contribution in [3.8, 4) is 0 Å². The zero-order chi connectivity index (χ0) is 22.4. The van der Waals surface area contributed by atoms with Crippen LogP contribution < -0.4 is 0 Å². The van der Waals surface area contributed by atoms with Crippen molar-refractivity contribution in [2.24, 2.45) is 5.92 Å². The molecule has 31 heavy (non-hydrogen) atoms. The van der Waals surface area contributed by atoms with Crippen LogP contribution >= 0.6 is 0 Å². The van der Waals surface area contributed by atoms with Gasteiger partial charge in [0.2, 0.25) is 0 Å². The minimum Gasteiger partial charge on any atom is -0.206 e. The number of benzene rings is 2. The molecule has 0 spiro atoms. The monoisotopic (exact) mass is 436 g/mol. The van der Waals surface area contributed by atoms with Gasteiger partial charge in [-0.25, -0.2) is 8.78 Å². The smallest absolute Gasteiger partial charge is 0.206 e. The highest BCUT2D eigenvalue weighted by Crippen LogP contribution is 2.37. The van der Waals surface area contributed by atoms with Gasteiger partial charge in [0, 0.05) is 11.6 Å². The van der Waals surface area contributed by atoms with Gasteiger partial charge >= 0.3 is 6.18 Å². The third kappa shape index (κ3) is 6.91. The first-order valence-corrected chi connectivity index (χ1v) is 11.1. The topological polar surface area (TPSA) is 0 Å². The molecule has 0 N–H and O–H groups in total. The molecular formula is C26H29F5. The Balaban J connectivity index is 1.57. The highest BCUT2D eigenvalue weighted by Gasteiger charge is 2.23. The summed E-state index contributed by atoms with van der Waals surface area (Å²) < 4.78 is 64.9. The van der Waals surface area contributed by atoms with Gasteiger partial charge in [-0.05, 0) is 85.3 Å². The summed E-state index contributed by atoms with van der Waals surface area (Å²) in [6, 6.07) is 10.7. The molecule has 1 fully saturated rings. The van der Waals surface area contributed by atoms with E-state index >= 15 is 0 Å². The Morgan fingerprint density at radius 1 is 0.871 bits per heavy atom. The number of aryl methyl sites for hydroxylation is 2. The predicted octanol–water partition coefficient (Wildman–Crippen LogP) is 8.40. The molecule has 0 nitrogen and oxygen atoms in total. The fraction of sp³-hybridized carbons (Fsp3) is 0.462. The average molecular weight is 437 g/mol. The average Bonchev–Trinajstić information content (AvgIpc) is 2.72. The van der Waals surface area contributed by atoms with Gasteiger partial charge in [0.05, 0.1) is 0 Å². The van der Waals surface area contributed by atoms with Gasteiger partial charge in [0.15, 0.2) is 0 Å². The van der Waals surface area contributed by atoms with Crippen LogP contribution in [-0.4, -0.2) is 6.18 Å². The quantitative estimate of drug-likeness (QED) is 0.382. The Bertz CT molecular complexity index is 849. The van der Waals surface area contributed by atoms with Crippen LogP contribution in [-0.2, 0) is 12.8 Å². The van der Waals surface area contributed by atoms with Crippen LogP contribution in [0.25, 0.3) is 6.08 Å². The molecule has 0 saturated heterocycles. The van der Waals surface area contributed by atoms with Crippen LogP contribution in [0.5, 0.6) is 0 Å². The van der Waals surface area contributed by atoms with Gasteiger partial charge in [-0.2, -0.15) is 13.2 Å². The standard InChI is InChI=1S/C26H29F5/c1-2-3-18-6-10-21(11-7-18)22-12-8-19(9-13-22)4-5-20-16-24(27)23(25(28)17-20)14-15-26(29,30)31/h8-9,12-18,21H,2-7,10-11H2,1H3/b15-14+. The highest BCUT2D eigenvalue weighted by atomic mass is 19.4. The number of hydrogen-bond donors (Lipinski definition) is 0. The molecule has 0 atom stereocenters. The Kier molecular flexibility index (Phi) is 7.90. The van der Waals surface area contributed by atoms with Crippen LogP contribution in [0.3, 0.4) is 0 Å². The summed E-state index contributed by atoms with van der Waals surface area (Å²) in [7, 11) is 0. The molecule has 1 saturated carbocycles. The number of rotatable bonds is 7. The molecule has 3 rings (SSSR count). The second kappa shape index (κ2) is 10.4. The van der Waals surface area contributed by atoms with Gasteiger partial charge < -0.3 is 0 Å². The molecule has 5 heteroatoms. The molecular weight excluding hydrogens is 407 g/mol. The van der Waals surface area contributed by atoms with Crippen molar-refractivity contribution in [2.75, 3.05) is 0 Å². The maximum Gasteiger partial charge on any atom is 0.409 e. The van der Waals surface area contributed by atoms with Crippen molar-refractivity contribution in [1.29, 1.82) is 0 Å². The normalized spacial score (nSPS) is 19.8. The molecule has 0 aromatic heterocycles. The first-order chi connectivity index (χ1) is 14.7. The summed E-state index contributed by atoms with van der Waals surface area (Å²) in [5.41, 5.74) is 2.19. The van der Waals surface area contributed by atoms with Crippen molar-refractivity contribution in [3.63, 3.8) is 0 Å². The largest absolute Gasteiger partial charge is 0.409 e. The zero-order valence-corrected chi connectivity index (χ0v) is 17.8. The van der Waals surface area contributed by atoms with Crippen LogP contribution in [0.15, 0.2) is 42.5 Å². The second-order valence-electron chi connectivity index (χ2n) is 8.60. The van der Waals surface area contributed by atoms with Gasteiger partial charge in [0.1, 0.15) is 11.6 Å². The van der Waals surface area contributed by atoms with Gasteiger partial charge in [0.25, 0.3) is 0 Å². The Hall–Kier alpha value is -2.17. The number of alkyl halides is 3. The van der Waals surface area contributed by atoms with Crippen molar-refractivity contribution >= 4 is 6.08 Å². The van der Waals surface area contributed by atoms with Crippen molar-refractivity contribution in [2.45, 2.75) is 70.4 Å². The minimum absolute atomic E-state index is 0.161. The first kappa shape index (κ1) is 23.5. The Labute approximate surface area is 181 Å². The fourth-order valence-corrected chi connectivity index (χ4v) is 4.56. The molecule has 1 aliphatic carbocycles. The summed E-state index contributed by atoms with van der Waals surface area (Å²) in [6.45, 7) is 2.24. The summed E-state index contributed by atoms with van der Waals surface area (Å²) in [6.07, 6.45) is 4.33. The maximum absolute atomic E-state index is 14.1. The highest BCUT2D eigenvalue weighted by molar-refractivity contribution is 5.52. The molecule has 0 radical (unpaired) electrons. The van der Waals surface area contributed by atoms with Crippen molar-refractivity contribution in [3.05, 3.63) is 76.4 Å². The lowest BCUT2D eigenvalue weighted by Gasteiger charge is -2.28. The Morgan fingerprint density at radius 3 is 2.00 bits per heavy atom. The van der Waals surface area contributed by atoms with E-state index in [-0.39, 0.29) is 6.08 Å². The van der Waals surface area contributed by atoms with E-state index in [4.69, 9.17) is 0 Å².